The Morgan fingerprint density at radius 1 is 1.02 bits per heavy atom. The number of ether oxygens (including phenoxy) is 6. The summed E-state index contributed by atoms with van der Waals surface area (Å²) < 4.78 is 34.2. The van der Waals surface area contributed by atoms with Crippen molar-refractivity contribution in [1.82, 2.24) is 0 Å². The SMILES string of the molecule is COC(=O)[C@@]12OC[C@]34C([C@@H](O)[C@@H]1O)[C@@]1(C)CC(=O)C(OC5OC(CO)C(O)C(O)C5O)=C(C)C1C[C@H]3OC(=O)[C@H](OC(=O)CC(C)C)[C@@H]24. The van der Waals surface area contributed by atoms with Crippen LogP contribution in [0.3, 0.4) is 0 Å². The zero-order chi connectivity index (χ0) is 35.2. The number of fused-ring (bicyclic) bond motifs is 2. The molecule has 5 fully saturated rings. The molecule has 2 bridgehead atoms. The number of hydrogen-bond acceptors (Lipinski definition) is 16. The number of hydrogen-bond donors (Lipinski definition) is 6. The third-order valence-electron chi connectivity index (χ3n) is 11.7. The Bertz CT molecular complexity index is 1390. The van der Waals surface area contributed by atoms with Gasteiger partial charge >= 0.3 is 17.9 Å². The number of aliphatic hydroxyl groups excluding tert-OH is 6. The molecule has 3 heterocycles. The average molecular weight is 685 g/mol. The quantitative estimate of drug-likeness (QED) is 0.124. The van der Waals surface area contributed by atoms with E-state index in [1.807, 2.05) is 0 Å². The van der Waals surface area contributed by atoms with E-state index in [1.54, 1.807) is 27.7 Å². The molecule has 3 saturated heterocycles. The van der Waals surface area contributed by atoms with Crippen molar-refractivity contribution in [2.45, 2.75) is 108 Å². The van der Waals surface area contributed by atoms with E-state index in [0.717, 1.165) is 7.11 Å². The van der Waals surface area contributed by atoms with E-state index in [2.05, 4.69) is 0 Å². The standard InChI is InChI=1S/C32H44O16/c1-11(2)6-17(35)47-23-25-31-10-44-32(25,29(42)43-5)26(40)21(39)24(31)30(4)8-14(34)22(12(3)13(30)7-16(31)46-27(23)41)48-28-20(38)19(37)18(36)15(9-33)45-28/h11,13,15-16,18-21,23-26,28,33,36-40H,6-10H2,1-5H3/t13?,15?,16-,18?,19?,20?,21-,23-,24?,25-,26+,28?,30+,31-,32+/m1/s1. The van der Waals surface area contributed by atoms with Crippen LogP contribution in [0, 0.1) is 34.5 Å². The molecule has 6 aliphatic rings. The molecule has 16 heteroatoms. The van der Waals surface area contributed by atoms with Crippen LogP contribution < -0.4 is 0 Å². The lowest BCUT2D eigenvalue weighted by Crippen LogP contribution is -2.79. The van der Waals surface area contributed by atoms with Gasteiger partial charge in [0.25, 0.3) is 0 Å². The summed E-state index contributed by atoms with van der Waals surface area (Å²) >= 11 is 0. The highest BCUT2D eigenvalue weighted by Crippen LogP contribution is 2.73. The van der Waals surface area contributed by atoms with Crippen molar-refractivity contribution in [2.75, 3.05) is 20.3 Å². The van der Waals surface area contributed by atoms with E-state index in [1.165, 1.54) is 0 Å². The van der Waals surface area contributed by atoms with E-state index < -0.39 is 120 Å². The third-order valence-corrected chi connectivity index (χ3v) is 11.7. The molecule has 0 radical (unpaired) electrons. The molecule has 0 amide bonds. The summed E-state index contributed by atoms with van der Waals surface area (Å²) in [5.41, 5.74) is -4.55. The maximum atomic E-state index is 14.0. The molecule has 3 aliphatic carbocycles. The van der Waals surface area contributed by atoms with E-state index in [4.69, 9.17) is 28.4 Å². The van der Waals surface area contributed by atoms with Crippen LogP contribution in [-0.4, -0.2) is 135 Å². The predicted octanol–water partition coefficient (Wildman–Crippen LogP) is -2.14. The first kappa shape index (κ1) is 35.1. The van der Waals surface area contributed by atoms with Gasteiger partial charge in [-0.25, -0.2) is 9.59 Å². The van der Waals surface area contributed by atoms with Gasteiger partial charge < -0.3 is 59.1 Å². The van der Waals surface area contributed by atoms with Gasteiger partial charge in [-0.2, -0.15) is 0 Å². The Morgan fingerprint density at radius 2 is 1.71 bits per heavy atom. The molecule has 3 aliphatic heterocycles. The minimum absolute atomic E-state index is 0.0476. The molecule has 2 saturated carbocycles. The highest BCUT2D eigenvalue weighted by atomic mass is 16.7. The van der Waals surface area contributed by atoms with Gasteiger partial charge in [-0.1, -0.05) is 20.8 Å². The summed E-state index contributed by atoms with van der Waals surface area (Å²) in [7, 11) is 1.07. The number of esters is 3. The van der Waals surface area contributed by atoms with Gasteiger partial charge in [-0.15, -0.1) is 0 Å². The topological polar surface area (TPSA) is 245 Å². The predicted molar refractivity (Wildman–Crippen MR) is 155 cm³/mol. The molecule has 0 aromatic carbocycles. The molecule has 1 spiro atoms. The first-order chi connectivity index (χ1) is 22.5. The van der Waals surface area contributed by atoms with Crippen molar-refractivity contribution >= 4 is 23.7 Å². The van der Waals surface area contributed by atoms with Crippen molar-refractivity contribution in [3.05, 3.63) is 11.3 Å². The lowest BCUT2D eigenvalue weighted by molar-refractivity contribution is -0.296. The Morgan fingerprint density at radius 3 is 2.33 bits per heavy atom. The van der Waals surface area contributed by atoms with E-state index >= 15 is 0 Å². The maximum absolute atomic E-state index is 14.0. The minimum atomic E-state index is -2.30. The van der Waals surface area contributed by atoms with Gasteiger partial charge in [0.1, 0.15) is 36.6 Å². The number of methoxy groups -OCH3 is 1. The number of allylic oxidation sites excluding steroid dienone is 2. The second-order valence-corrected chi connectivity index (χ2v) is 14.7. The van der Waals surface area contributed by atoms with Crippen molar-refractivity contribution in [1.29, 1.82) is 0 Å². The Hall–Kier alpha value is -2.70. The molecule has 6 rings (SSSR count). The van der Waals surface area contributed by atoms with Crippen molar-refractivity contribution in [3.8, 4) is 0 Å². The summed E-state index contributed by atoms with van der Waals surface area (Å²) in [6.07, 6.45) is -14.8. The first-order valence-electron chi connectivity index (χ1n) is 16.2. The van der Waals surface area contributed by atoms with E-state index in [-0.39, 0.29) is 37.5 Å². The van der Waals surface area contributed by atoms with Gasteiger partial charge in [-0.05, 0) is 36.2 Å². The number of carbonyl (C=O) groups excluding carboxylic acids is 4. The minimum Gasteiger partial charge on any atom is -0.467 e. The zero-order valence-corrected chi connectivity index (χ0v) is 27.3. The summed E-state index contributed by atoms with van der Waals surface area (Å²) in [4.78, 5) is 54.2. The summed E-state index contributed by atoms with van der Waals surface area (Å²) in [6.45, 7) is 5.88. The van der Waals surface area contributed by atoms with Crippen molar-refractivity contribution in [3.63, 3.8) is 0 Å². The van der Waals surface area contributed by atoms with Crippen LogP contribution in [-0.2, 0) is 47.6 Å². The Balaban J connectivity index is 1.44. The summed E-state index contributed by atoms with van der Waals surface area (Å²) in [5.74, 6) is -6.74. The number of aliphatic hydroxyl groups is 6. The fraction of sp³-hybridized carbons (Fsp3) is 0.812. The normalized spacial score (nSPS) is 48.0. The van der Waals surface area contributed by atoms with E-state index in [0.29, 0.717) is 5.57 Å². The van der Waals surface area contributed by atoms with Crippen LogP contribution in [0.2, 0.25) is 0 Å². The van der Waals surface area contributed by atoms with Crippen LogP contribution in [0.15, 0.2) is 11.3 Å². The summed E-state index contributed by atoms with van der Waals surface area (Å²) in [6, 6.07) is 0. The number of ketones is 1. The van der Waals surface area contributed by atoms with Gasteiger partial charge in [0.05, 0.1) is 32.3 Å². The average Bonchev–Trinajstić information content (AvgIpc) is 3.33. The molecule has 268 valence electrons. The number of rotatable bonds is 7. The van der Waals surface area contributed by atoms with Crippen molar-refractivity contribution in [2.24, 2.45) is 34.5 Å². The van der Waals surface area contributed by atoms with Gasteiger partial charge in [0.2, 0.25) is 18.0 Å². The molecule has 6 N–H and O–H groups in total. The molecule has 7 unspecified atom stereocenters. The third kappa shape index (κ3) is 4.63. The molecule has 0 aromatic heterocycles. The van der Waals surface area contributed by atoms with Crippen LogP contribution in [0.25, 0.3) is 0 Å². The second kappa shape index (κ2) is 12.0. The first-order valence-corrected chi connectivity index (χ1v) is 16.2. The van der Waals surface area contributed by atoms with Crippen molar-refractivity contribution < 1.29 is 78.2 Å². The zero-order valence-electron chi connectivity index (χ0n) is 27.3. The largest absolute Gasteiger partial charge is 0.467 e. The Labute approximate surface area is 275 Å². The molecule has 15 atom stereocenters. The fourth-order valence-corrected chi connectivity index (χ4v) is 9.81. The molecule has 0 aromatic rings. The van der Waals surface area contributed by atoms with Crippen LogP contribution in [0.4, 0.5) is 0 Å². The maximum Gasteiger partial charge on any atom is 0.348 e. The number of carbonyl (C=O) groups is 4. The highest BCUT2D eigenvalue weighted by molar-refractivity contribution is 5.96. The van der Waals surface area contributed by atoms with Crippen LogP contribution in [0.1, 0.15) is 47.0 Å². The lowest BCUT2D eigenvalue weighted by Gasteiger charge is -2.67. The lowest BCUT2D eigenvalue weighted by atomic mass is 9.38. The van der Waals surface area contributed by atoms with E-state index in [9.17, 15) is 49.8 Å². The molecular weight excluding hydrogens is 640 g/mol. The van der Waals surface area contributed by atoms with Crippen LogP contribution >= 0.6 is 0 Å². The highest BCUT2D eigenvalue weighted by Gasteiger charge is 2.85. The molecular formula is C32H44O16. The Kier molecular flexibility index (Phi) is 8.76. The van der Waals surface area contributed by atoms with Gasteiger partial charge in [0, 0.05) is 24.2 Å². The smallest absolute Gasteiger partial charge is 0.348 e. The van der Waals surface area contributed by atoms with Crippen LogP contribution in [0.5, 0.6) is 0 Å². The van der Waals surface area contributed by atoms with Gasteiger partial charge in [-0.3, -0.25) is 9.59 Å². The monoisotopic (exact) mass is 684 g/mol. The number of Topliss-reactive ketones (excluding diaryl/α,β-unsaturated/α-hetero) is 1. The second-order valence-electron chi connectivity index (χ2n) is 14.7. The van der Waals surface area contributed by atoms with Gasteiger partial charge in [0.15, 0.2) is 11.5 Å². The molecule has 48 heavy (non-hydrogen) atoms. The fourth-order valence-electron chi connectivity index (χ4n) is 9.81. The molecule has 16 nitrogen and oxygen atoms in total. The summed E-state index contributed by atoms with van der Waals surface area (Å²) in [5, 5.41) is 64.4.